The van der Waals surface area contributed by atoms with Gasteiger partial charge in [0.05, 0.1) is 0 Å². The van der Waals surface area contributed by atoms with Crippen molar-refractivity contribution >= 4 is 11.9 Å². The van der Waals surface area contributed by atoms with Gasteiger partial charge in [-0.15, -0.1) is 0 Å². The van der Waals surface area contributed by atoms with Crippen LogP contribution in [0.1, 0.15) is 29.5 Å². The Hall–Kier alpha value is -3.28. The van der Waals surface area contributed by atoms with Crippen LogP contribution in [0.3, 0.4) is 0 Å². The molecule has 0 fully saturated rings. The first-order valence-electron chi connectivity index (χ1n) is 10.8. The average molecular weight is 421 g/mol. The number of amides is 1. The van der Waals surface area contributed by atoms with E-state index in [1.807, 2.05) is 35.2 Å². The number of hydrogen-bond donors (Lipinski definition) is 2. The summed E-state index contributed by atoms with van der Waals surface area (Å²) in [6.45, 7) is 6.97. The molecule has 6 nitrogen and oxygen atoms in total. The Labute approximate surface area is 185 Å². The molecule has 0 aromatic heterocycles. The van der Waals surface area contributed by atoms with E-state index in [1.54, 1.807) is 13.1 Å². The van der Waals surface area contributed by atoms with Crippen LogP contribution in [-0.2, 0) is 24.3 Å². The monoisotopic (exact) mass is 420 g/mol. The third kappa shape index (κ3) is 6.60. The first kappa shape index (κ1) is 22.4. The minimum Gasteiger partial charge on any atom is -0.489 e. The van der Waals surface area contributed by atoms with E-state index >= 15 is 0 Å². The van der Waals surface area contributed by atoms with Gasteiger partial charge in [0.2, 0.25) is 5.91 Å². The molecule has 0 saturated heterocycles. The number of guanidine groups is 1. The van der Waals surface area contributed by atoms with E-state index in [-0.39, 0.29) is 5.91 Å². The zero-order chi connectivity index (χ0) is 21.9. The lowest BCUT2D eigenvalue weighted by atomic mass is 9.99. The number of para-hydroxylation sites is 1. The zero-order valence-corrected chi connectivity index (χ0v) is 18.3. The van der Waals surface area contributed by atoms with Gasteiger partial charge >= 0.3 is 0 Å². The predicted molar refractivity (Wildman–Crippen MR) is 125 cm³/mol. The van der Waals surface area contributed by atoms with E-state index in [0.717, 1.165) is 37.2 Å². The first-order chi connectivity index (χ1) is 15.2. The van der Waals surface area contributed by atoms with E-state index in [4.69, 9.17) is 4.74 Å². The molecular weight excluding hydrogens is 388 g/mol. The first-order valence-corrected chi connectivity index (χ1v) is 10.8. The van der Waals surface area contributed by atoms with Gasteiger partial charge in [-0.1, -0.05) is 55.1 Å². The molecular formula is C25H32N4O2. The third-order valence-corrected chi connectivity index (χ3v) is 5.34. The van der Waals surface area contributed by atoms with Crippen molar-refractivity contribution in [3.05, 3.63) is 77.9 Å². The highest BCUT2D eigenvalue weighted by molar-refractivity contribution is 5.80. The second kappa shape index (κ2) is 11.8. The Kier molecular flexibility index (Phi) is 8.52. The number of rotatable bonds is 9. The van der Waals surface area contributed by atoms with Crippen LogP contribution in [0, 0.1) is 0 Å². The van der Waals surface area contributed by atoms with Gasteiger partial charge in [0.1, 0.15) is 12.4 Å². The van der Waals surface area contributed by atoms with Crippen LogP contribution in [0.2, 0.25) is 0 Å². The summed E-state index contributed by atoms with van der Waals surface area (Å²) in [5, 5.41) is 6.59. The number of ether oxygens (including phenoxy) is 1. The molecule has 2 aromatic carbocycles. The van der Waals surface area contributed by atoms with E-state index in [2.05, 4.69) is 40.4 Å². The number of nitrogens with one attached hydrogen (secondary N) is 2. The molecule has 0 spiro atoms. The second-order valence-electron chi connectivity index (χ2n) is 7.50. The van der Waals surface area contributed by atoms with Crippen molar-refractivity contribution < 1.29 is 9.53 Å². The molecule has 1 aliphatic rings. The summed E-state index contributed by atoms with van der Waals surface area (Å²) in [7, 11) is 1.74. The summed E-state index contributed by atoms with van der Waals surface area (Å²) in [6, 6.07) is 16.3. The van der Waals surface area contributed by atoms with Crippen LogP contribution >= 0.6 is 0 Å². The number of benzene rings is 2. The molecule has 0 unspecified atom stereocenters. The number of aliphatic imine (C=N–C) groups is 1. The summed E-state index contributed by atoms with van der Waals surface area (Å²) in [4.78, 5) is 18.8. The smallest absolute Gasteiger partial charge is 0.222 e. The fourth-order valence-corrected chi connectivity index (χ4v) is 3.65. The molecule has 0 bridgehead atoms. The van der Waals surface area contributed by atoms with Gasteiger partial charge < -0.3 is 20.3 Å². The van der Waals surface area contributed by atoms with Crippen LogP contribution in [0.4, 0.5) is 0 Å². The Bertz CT molecular complexity index is 910. The predicted octanol–water partition coefficient (Wildman–Crippen LogP) is 3.28. The van der Waals surface area contributed by atoms with Gasteiger partial charge in [-0.05, 0) is 30.0 Å². The topological polar surface area (TPSA) is 66.0 Å². The molecule has 3 rings (SSSR count). The molecule has 6 heteroatoms. The van der Waals surface area contributed by atoms with E-state index in [1.165, 1.54) is 11.1 Å². The molecule has 0 atom stereocenters. The maximum absolute atomic E-state index is 12.6. The quantitative estimate of drug-likeness (QED) is 0.283. The maximum Gasteiger partial charge on any atom is 0.222 e. The average Bonchev–Trinajstić information content (AvgIpc) is 2.82. The van der Waals surface area contributed by atoms with Crippen molar-refractivity contribution in [1.82, 2.24) is 15.5 Å². The summed E-state index contributed by atoms with van der Waals surface area (Å²) < 4.78 is 5.70. The highest BCUT2D eigenvalue weighted by atomic mass is 16.5. The molecule has 1 aliphatic heterocycles. The summed E-state index contributed by atoms with van der Waals surface area (Å²) >= 11 is 0. The van der Waals surface area contributed by atoms with Crippen molar-refractivity contribution in [2.75, 3.05) is 26.7 Å². The highest BCUT2D eigenvalue weighted by Crippen LogP contribution is 2.19. The second-order valence-corrected chi connectivity index (χ2v) is 7.50. The van der Waals surface area contributed by atoms with Crippen molar-refractivity contribution in [3.8, 4) is 5.75 Å². The Morgan fingerprint density at radius 3 is 2.74 bits per heavy atom. The Morgan fingerprint density at radius 1 is 1.16 bits per heavy atom. The van der Waals surface area contributed by atoms with Crippen LogP contribution in [-0.4, -0.2) is 43.5 Å². The molecule has 31 heavy (non-hydrogen) atoms. The maximum atomic E-state index is 12.6. The minimum atomic E-state index is 0.215. The summed E-state index contributed by atoms with van der Waals surface area (Å²) in [6.07, 6.45) is 3.96. The van der Waals surface area contributed by atoms with Crippen LogP contribution in [0.25, 0.3) is 0 Å². The van der Waals surface area contributed by atoms with Crippen molar-refractivity contribution in [2.45, 2.75) is 32.4 Å². The van der Waals surface area contributed by atoms with Gasteiger partial charge in [0.25, 0.3) is 0 Å². The summed E-state index contributed by atoms with van der Waals surface area (Å²) in [5.41, 5.74) is 3.68. The zero-order valence-electron chi connectivity index (χ0n) is 18.3. The lowest BCUT2D eigenvalue weighted by Gasteiger charge is -2.29. The van der Waals surface area contributed by atoms with Gasteiger partial charge in [-0.2, -0.15) is 0 Å². The van der Waals surface area contributed by atoms with Crippen molar-refractivity contribution in [1.29, 1.82) is 0 Å². The van der Waals surface area contributed by atoms with Crippen LogP contribution in [0.15, 0.2) is 66.2 Å². The highest BCUT2D eigenvalue weighted by Gasteiger charge is 2.19. The minimum absolute atomic E-state index is 0.215. The van der Waals surface area contributed by atoms with E-state index < -0.39 is 0 Å². The SMILES string of the molecule is C=CCOc1ccccc1CNC(=NC)NCCCC(=O)N1CCc2ccccc2C1. The normalized spacial score (nSPS) is 13.3. The van der Waals surface area contributed by atoms with Gasteiger partial charge in [-0.3, -0.25) is 9.79 Å². The lowest BCUT2D eigenvalue weighted by Crippen LogP contribution is -2.38. The molecule has 0 radical (unpaired) electrons. The van der Waals surface area contributed by atoms with Gasteiger partial charge in [-0.25, -0.2) is 0 Å². The van der Waals surface area contributed by atoms with Crippen LogP contribution in [0.5, 0.6) is 5.75 Å². The number of carbonyl (C=O) groups excluding carboxylic acids is 1. The van der Waals surface area contributed by atoms with Crippen molar-refractivity contribution in [3.63, 3.8) is 0 Å². The molecule has 0 saturated carbocycles. The van der Waals surface area contributed by atoms with Gasteiger partial charge in [0, 0.05) is 45.2 Å². The number of hydrogen-bond acceptors (Lipinski definition) is 3. The van der Waals surface area contributed by atoms with Crippen LogP contribution < -0.4 is 15.4 Å². The molecule has 1 amide bonds. The van der Waals surface area contributed by atoms with Crippen molar-refractivity contribution in [2.24, 2.45) is 4.99 Å². The largest absolute Gasteiger partial charge is 0.489 e. The number of nitrogens with zero attached hydrogens (tertiary/aromatic N) is 2. The fourth-order valence-electron chi connectivity index (χ4n) is 3.65. The standard InChI is InChI=1S/C25H32N4O2/c1-3-17-31-23-12-7-6-10-21(23)18-28-25(26-2)27-15-8-13-24(30)29-16-14-20-9-4-5-11-22(20)19-29/h3-7,9-12H,1,8,13-19H2,2H3,(H2,26,27,28). The molecule has 2 N–H and O–H groups in total. The molecule has 1 heterocycles. The van der Waals surface area contributed by atoms with Gasteiger partial charge in [0.15, 0.2) is 5.96 Å². The third-order valence-electron chi connectivity index (χ3n) is 5.34. The molecule has 164 valence electrons. The fraction of sp³-hybridized carbons (Fsp3) is 0.360. The Morgan fingerprint density at radius 2 is 1.94 bits per heavy atom. The lowest BCUT2D eigenvalue weighted by molar-refractivity contribution is -0.132. The van der Waals surface area contributed by atoms with E-state index in [9.17, 15) is 4.79 Å². The summed E-state index contributed by atoms with van der Waals surface area (Å²) in [5.74, 6) is 1.75. The molecule has 2 aromatic rings. The molecule has 0 aliphatic carbocycles. The Balaban J connectivity index is 1.39. The number of fused-ring (bicyclic) bond motifs is 1. The number of carbonyl (C=O) groups is 1. The van der Waals surface area contributed by atoms with E-state index in [0.29, 0.717) is 32.1 Å².